The van der Waals surface area contributed by atoms with Crippen LogP contribution in [0, 0.1) is 0 Å². The van der Waals surface area contributed by atoms with Gasteiger partial charge >= 0.3 is 0 Å². The highest BCUT2D eigenvalue weighted by molar-refractivity contribution is 7.99. The molecule has 0 aliphatic heterocycles. The molecule has 0 saturated heterocycles. The minimum Gasteiger partial charge on any atom is -0.397 e. The highest BCUT2D eigenvalue weighted by atomic mass is 35.5. The fourth-order valence-electron chi connectivity index (χ4n) is 1.65. The molecule has 0 amide bonds. The predicted molar refractivity (Wildman–Crippen MR) is 82.9 cm³/mol. The maximum atomic E-state index is 6.12. The summed E-state index contributed by atoms with van der Waals surface area (Å²) in [4.78, 5) is 5.37. The second kappa shape index (κ2) is 5.43. The monoisotopic (exact) mass is 292 g/mol. The van der Waals surface area contributed by atoms with Crippen molar-refractivity contribution in [2.24, 2.45) is 0 Å². The van der Waals surface area contributed by atoms with E-state index in [9.17, 15) is 0 Å². The van der Waals surface area contributed by atoms with Gasteiger partial charge in [0.05, 0.1) is 16.9 Å². The first-order valence-corrected chi connectivity index (χ1v) is 7.25. The zero-order chi connectivity index (χ0) is 14.0. The third-order valence-corrected chi connectivity index (χ3v) is 4.19. The van der Waals surface area contributed by atoms with Crippen molar-refractivity contribution in [3.05, 3.63) is 47.1 Å². The molecule has 0 fully saturated rings. The number of benzene rings is 1. The molecule has 0 atom stereocenters. The van der Waals surface area contributed by atoms with Crippen LogP contribution in [0.3, 0.4) is 0 Å². The number of anilines is 1. The van der Waals surface area contributed by atoms with Crippen molar-refractivity contribution < 1.29 is 0 Å². The van der Waals surface area contributed by atoms with Gasteiger partial charge in [-0.3, -0.25) is 0 Å². The molecule has 2 nitrogen and oxygen atoms in total. The van der Waals surface area contributed by atoms with Crippen LogP contribution in [0.2, 0.25) is 5.02 Å². The fraction of sp³-hybridized carbons (Fsp3) is 0.267. The van der Waals surface area contributed by atoms with Crippen LogP contribution < -0.4 is 5.73 Å². The lowest BCUT2D eigenvalue weighted by Crippen LogP contribution is -2.10. The molecule has 100 valence electrons. The smallest absolute Gasteiger partial charge is 0.120 e. The number of nitrogens with two attached hydrogens (primary N) is 1. The van der Waals surface area contributed by atoms with Gasteiger partial charge in [-0.2, -0.15) is 0 Å². The average molecular weight is 293 g/mol. The van der Waals surface area contributed by atoms with Gasteiger partial charge in [0, 0.05) is 4.90 Å². The summed E-state index contributed by atoms with van der Waals surface area (Å²) in [5.41, 5.74) is 7.69. The van der Waals surface area contributed by atoms with Crippen LogP contribution in [0.4, 0.5) is 5.69 Å². The molecule has 2 rings (SSSR count). The number of hydrogen-bond donors (Lipinski definition) is 1. The highest BCUT2D eigenvalue weighted by Gasteiger charge is 2.13. The molecule has 0 unspecified atom stereocenters. The molecule has 2 aromatic rings. The zero-order valence-corrected chi connectivity index (χ0v) is 12.8. The van der Waals surface area contributed by atoms with E-state index < -0.39 is 0 Å². The Labute approximate surface area is 123 Å². The molecule has 1 aromatic carbocycles. The van der Waals surface area contributed by atoms with Crippen molar-refractivity contribution in [3.63, 3.8) is 0 Å². The van der Waals surface area contributed by atoms with Gasteiger partial charge in [-0.1, -0.05) is 56.3 Å². The van der Waals surface area contributed by atoms with Crippen molar-refractivity contribution in [2.75, 3.05) is 5.73 Å². The van der Waals surface area contributed by atoms with Gasteiger partial charge in [-0.15, -0.1) is 0 Å². The summed E-state index contributed by atoms with van der Waals surface area (Å²) in [5.74, 6) is 0. The lowest BCUT2D eigenvalue weighted by atomic mass is 9.87. The molecule has 0 radical (unpaired) electrons. The van der Waals surface area contributed by atoms with Gasteiger partial charge in [-0.05, 0) is 29.2 Å². The van der Waals surface area contributed by atoms with E-state index in [1.165, 1.54) is 5.56 Å². The summed E-state index contributed by atoms with van der Waals surface area (Å²) in [5, 5.41) is 1.37. The molecular weight excluding hydrogens is 276 g/mol. The molecule has 1 heterocycles. The number of nitrogens with zero attached hydrogens (tertiary/aromatic N) is 1. The topological polar surface area (TPSA) is 38.9 Å². The number of nitrogen functional groups attached to an aromatic ring is 1. The molecule has 2 N–H and O–H groups in total. The van der Waals surface area contributed by atoms with Crippen LogP contribution in [0.15, 0.2) is 46.5 Å². The third kappa shape index (κ3) is 3.64. The Balaban J connectivity index is 2.20. The van der Waals surface area contributed by atoms with E-state index in [1.54, 1.807) is 24.0 Å². The van der Waals surface area contributed by atoms with Crippen LogP contribution in [-0.2, 0) is 5.41 Å². The van der Waals surface area contributed by atoms with Gasteiger partial charge in [-0.25, -0.2) is 4.98 Å². The first-order chi connectivity index (χ1) is 8.86. The van der Waals surface area contributed by atoms with Crippen molar-refractivity contribution in [3.8, 4) is 0 Å². The standard InChI is InChI=1S/C15H17ClN2S/c1-15(2,3)10-4-6-12(7-5-10)19-14-13(16)8-11(17)9-18-14/h4-9H,17H2,1-3H3. The van der Waals surface area contributed by atoms with Crippen LogP contribution in [0.25, 0.3) is 0 Å². The van der Waals surface area contributed by atoms with Crippen molar-refractivity contribution in [2.45, 2.75) is 36.1 Å². The van der Waals surface area contributed by atoms with Crippen molar-refractivity contribution in [1.29, 1.82) is 0 Å². The number of pyridine rings is 1. The second-order valence-corrected chi connectivity index (χ2v) is 6.90. The predicted octanol–water partition coefficient (Wildman–Crippen LogP) is 4.77. The lowest BCUT2D eigenvalue weighted by Gasteiger charge is -2.19. The molecule has 0 aliphatic rings. The van der Waals surface area contributed by atoms with Crippen molar-refractivity contribution in [1.82, 2.24) is 4.98 Å². The van der Waals surface area contributed by atoms with Gasteiger partial charge in [0.2, 0.25) is 0 Å². The van der Waals surface area contributed by atoms with Crippen LogP contribution in [0.1, 0.15) is 26.3 Å². The summed E-state index contributed by atoms with van der Waals surface area (Å²) in [7, 11) is 0. The van der Waals surface area contributed by atoms with E-state index in [-0.39, 0.29) is 5.41 Å². The quantitative estimate of drug-likeness (QED) is 0.867. The molecule has 4 heteroatoms. The Morgan fingerprint density at radius 1 is 1.16 bits per heavy atom. The second-order valence-electron chi connectivity index (χ2n) is 5.43. The van der Waals surface area contributed by atoms with Crippen LogP contribution >= 0.6 is 23.4 Å². The Bertz CT molecular complexity index is 574. The van der Waals surface area contributed by atoms with E-state index in [1.807, 2.05) is 0 Å². The molecule has 0 saturated carbocycles. The van der Waals surface area contributed by atoms with E-state index >= 15 is 0 Å². The molecule has 1 aromatic heterocycles. The number of halogens is 1. The normalized spacial score (nSPS) is 11.6. The minimum atomic E-state index is 0.167. The maximum absolute atomic E-state index is 6.12. The van der Waals surface area contributed by atoms with E-state index in [0.717, 1.165) is 9.92 Å². The third-order valence-electron chi connectivity index (χ3n) is 2.76. The summed E-state index contributed by atoms with van der Waals surface area (Å²) in [6.45, 7) is 6.61. The van der Waals surface area contributed by atoms with Gasteiger partial charge in [0.1, 0.15) is 5.03 Å². The zero-order valence-electron chi connectivity index (χ0n) is 11.3. The number of aromatic nitrogens is 1. The first-order valence-electron chi connectivity index (χ1n) is 6.06. The van der Waals surface area contributed by atoms with Gasteiger partial charge in [0.15, 0.2) is 0 Å². The SMILES string of the molecule is CC(C)(C)c1ccc(Sc2ncc(N)cc2Cl)cc1. The summed E-state index contributed by atoms with van der Waals surface area (Å²) in [6.07, 6.45) is 1.62. The lowest BCUT2D eigenvalue weighted by molar-refractivity contribution is 0.590. The molecule has 19 heavy (non-hydrogen) atoms. The van der Waals surface area contributed by atoms with Crippen LogP contribution in [-0.4, -0.2) is 4.98 Å². The molecule has 0 spiro atoms. The Kier molecular flexibility index (Phi) is 4.07. The molecular formula is C15H17ClN2S. The maximum Gasteiger partial charge on any atom is 0.120 e. The highest BCUT2D eigenvalue weighted by Crippen LogP contribution is 2.33. The Hall–Kier alpha value is -1.19. The van der Waals surface area contributed by atoms with E-state index in [4.69, 9.17) is 17.3 Å². The largest absolute Gasteiger partial charge is 0.397 e. The van der Waals surface area contributed by atoms with Gasteiger partial charge < -0.3 is 5.73 Å². The average Bonchev–Trinajstić information content (AvgIpc) is 2.32. The summed E-state index contributed by atoms with van der Waals surface area (Å²) in [6, 6.07) is 10.2. The van der Waals surface area contributed by atoms with E-state index in [2.05, 4.69) is 50.0 Å². The number of hydrogen-bond acceptors (Lipinski definition) is 3. The fourth-order valence-corrected chi connectivity index (χ4v) is 2.70. The summed E-state index contributed by atoms with van der Waals surface area (Å²) < 4.78 is 0. The van der Waals surface area contributed by atoms with Gasteiger partial charge in [0.25, 0.3) is 0 Å². The Morgan fingerprint density at radius 2 is 1.79 bits per heavy atom. The molecule has 0 bridgehead atoms. The minimum absolute atomic E-state index is 0.167. The Morgan fingerprint density at radius 3 is 2.32 bits per heavy atom. The van der Waals surface area contributed by atoms with Crippen molar-refractivity contribution >= 4 is 29.1 Å². The first kappa shape index (κ1) is 14.2. The van der Waals surface area contributed by atoms with E-state index in [0.29, 0.717) is 10.7 Å². The summed E-state index contributed by atoms with van der Waals surface area (Å²) >= 11 is 7.66. The number of rotatable bonds is 2. The molecule has 0 aliphatic carbocycles. The van der Waals surface area contributed by atoms with Crippen LogP contribution in [0.5, 0.6) is 0 Å².